The predicted octanol–water partition coefficient (Wildman–Crippen LogP) is 4.26. The molecule has 2 aromatic heterocycles. The number of amides is 1. The molecule has 0 aliphatic carbocycles. The van der Waals surface area contributed by atoms with Gasteiger partial charge in [-0.2, -0.15) is 0 Å². The molecule has 2 aromatic carbocycles. The van der Waals surface area contributed by atoms with Gasteiger partial charge in [-0.15, -0.1) is 0 Å². The van der Waals surface area contributed by atoms with Gasteiger partial charge in [0.25, 0.3) is 5.91 Å². The zero-order valence-corrected chi connectivity index (χ0v) is 20.1. The number of nitrogens with one attached hydrogen (secondary N) is 2. The van der Waals surface area contributed by atoms with E-state index in [1.807, 2.05) is 19.1 Å². The second kappa shape index (κ2) is 9.90. The molecule has 0 aliphatic rings. The number of hydrogen-bond acceptors (Lipinski definition) is 8. The Kier molecular flexibility index (Phi) is 6.36. The largest absolute Gasteiger partial charge is 0.495 e. The van der Waals surface area contributed by atoms with E-state index in [2.05, 4.69) is 25.6 Å². The zero-order valence-electron chi connectivity index (χ0n) is 20.2. The Hall–Kier alpha value is -4.31. The van der Waals surface area contributed by atoms with E-state index in [-0.39, 0.29) is 16.5 Å². The zero-order chi connectivity index (χ0) is 25.9. The lowest BCUT2D eigenvalue weighted by Gasteiger charge is -2.12. The van der Waals surface area contributed by atoms with Crippen molar-refractivity contribution < 1.29 is 19.3 Å². The number of carbonyl (C=O) groups excluding carboxylic acids is 1. The first-order valence-corrected chi connectivity index (χ1v) is 12.4. The molecular formula is C25H23N5O4S. The van der Waals surface area contributed by atoms with Gasteiger partial charge in [0.1, 0.15) is 5.75 Å². The summed E-state index contributed by atoms with van der Waals surface area (Å²) in [5.41, 5.74) is 3.52. The lowest BCUT2D eigenvalue weighted by molar-refractivity contribution is 0.102. The van der Waals surface area contributed by atoms with Crippen LogP contribution in [-0.2, 0) is 9.84 Å². The van der Waals surface area contributed by atoms with Gasteiger partial charge in [0.2, 0.25) is 5.95 Å². The van der Waals surface area contributed by atoms with Crippen LogP contribution in [0.2, 0.25) is 0 Å². The van der Waals surface area contributed by atoms with E-state index in [4.69, 9.17) is 6.11 Å². The fourth-order valence-electron chi connectivity index (χ4n) is 3.19. The molecule has 0 saturated heterocycles. The molecule has 9 nitrogen and oxygen atoms in total. The first-order valence-electron chi connectivity index (χ1n) is 11.0. The van der Waals surface area contributed by atoms with E-state index in [9.17, 15) is 13.2 Å². The van der Waals surface area contributed by atoms with Crippen LogP contribution in [0.4, 0.5) is 17.3 Å². The van der Waals surface area contributed by atoms with E-state index in [0.717, 1.165) is 23.4 Å². The fraction of sp³-hybridized carbons (Fsp3) is 0.120. The average molecular weight is 491 g/mol. The Morgan fingerprint density at radius 1 is 1.09 bits per heavy atom. The molecule has 4 aromatic rings. The molecule has 0 fully saturated rings. The molecule has 2 N–H and O–H groups in total. The summed E-state index contributed by atoms with van der Waals surface area (Å²) in [7, 11) is -1.91. The van der Waals surface area contributed by atoms with E-state index < -0.39 is 15.7 Å². The van der Waals surface area contributed by atoms with Crippen molar-refractivity contribution >= 4 is 33.1 Å². The Balaban J connectivity index is 1.55. The van der Waals surface area contributed by atoms with Crippen LogP contribution < -0.4 is 15.4 Å². The number of benzene rings is 2. The Morgan fingerprint density at radius 3 is 2.66 bits per heavy atom. The first kappa shape index (κ1) is 22.5. The highest BCUT2D eigenvalue weighted by atomic mass is 32.2. The van der Waals surface area contributed by atoms with Gasteiger partial charge in [-0.25, -0.2) is 18.4 Å². The third kappa shape index (κ3) is 5.79. The predicted molar refractivity (Wildman–Crippen MR) is 134 cm³/mol. The summed E-state index contributed by atoms with van der Waals surface area (Å²) < 4.78 is 36.7. The lowest BCUT2D eigenvalue weighted by atomic mass is 10.1. The SMILES string of the molecule is [2H]c1cc(S(C)(=O)=O)ccc1C(=O)Nc1ccc(C)c(Nc2nccc(-c3cncc(OC)c3)n2)c1. The molecule has 1 amide bonds. The maximum Gasteiger partial charge on any atom is 0.255 e. The summed E-state index contributed by atoms with van der Waals surface area (Å²) in [5.74, 6) is 0.437. The highest BCUT2D eigenvalue weighted by Crippen LogP contribution is 2.25. The maximum atomic E-state index is 12.8. The second-order valence-corrected chi connectivity index (χ2v) is 9.71. The normalized spacial score (nSPS) is 11.5. The van der Waals surface area contributed by atoms with E-state index >= 15 is 0 Å². The van der Waals surface area contributed by atoms with Crippen LogP contribution in [0.3, 0.4) is 0 Å². The standard InChI is InChI=1S/C25H23N5O4S/c1-16-4-7-19(28-24(31)17-5-8-21(9-6-17)35(3,32)33)13-23(16)30-25-27-11-10-22(29-25)18-12-20(34-2)15-26-14-18/h4-15H,1-3H3,(H,28,31)(H,27,29,30)/i5D. The van der Waals surface area contributed by atoms with Crippen LogP contribution in [0.5, 0.6) is 5.75 Å². The molecule has 0 aliphatic heterocycles. The molecule has 0 spiro atoms. The summed E-state index contributed by atoms with van der Waals surface area (Å²) in [5, 5.41) is 5.92. The van der Waals surface area contributed by atoms with Gasteiger partial charge >= 0.3 is 0 Å². The number of aromatic nitrogens is 3. The molecule has 35 heavy (non-hydrogen) atoms. The van der Waals surface area contributed by atoms with Gasteiger partial charge < -0.3 is 15.4 Å². The lowest BCUT2D eigenvalue weighted by Crippen LogP contribution is -2.12. The molecule has 0 radical (unpaired) electrons. The third-order valence-electron chi connectivity index (χ3n) is 5.10. The van der Waals surface area contributed by atoms with Crippen molar-refractivity contribution in [3.63, 3.8) is 0 Å². The van der Waals surface area contributed by atoms with Crippen LogP contribution in [-0.4, -0.2) is 42.6 Å². The van der Waals surface area contributed by atoms with Gasteiger partial charge in [-0.3, -0.25) is 9.78 Å². The summed E-state index contributed by atoms with van der Waals surface area (Å²) >= 11 is 0. The number of carbonyl (C=O) groups is 1. The number of hydrogen-bond donors (Lipinski definition) is 2. The van der Waals surface area contributed by atoms with Gasteiger partial charge in [-0.1, -0.05) is 6.07 Å². The Labute approximate surface area is 204 Å². The van der Waals surface area contributed by atoms with E-state index in [1.54, 1.807) is 43.9 Å². The van der Waals surface area contributed by atoms with Crippen LogP contribution in [0, 0.1) is 6.92 Å². The number of anilines is 3. The van der Waals surface area contributed by atoms with Crippen LogP contribution in [0.1, 0.15) is 17.3 Å². The topological polar surface area (TPSA) is 123 Å². The summed E-state index contributed by atoms with van der Waals surface area (Å²) in [4.78, 5) is 25.7. The van der Waals surface area contributed by atoms with Crippen molar-refractivity contribution in [1.82, 2.24) is 15.0 Å². The molecule has 4 rings (SSSR count). The van der Waals surface area contributed by atoms with Crippen molar-refractivity contribution in [3.8, 4) is 17.0 Å². The minimum Gasteiger partial charge on any atom is -0.495 e. The number of methoxy groups -OCH3 is 1. The summed E-state index contributed by atoms with van der Waals surface area (Å²) in [6.07, 6.45) is 5.96. The summed E-state index contributed by atoms with van der Waals surface area (Å²) in [6, 6.07) is 12.5. The van der Waals surface area contributed by atoms with Crippen molar-refractivity contribution in [3.05, 3.63) is 84.3 Å². The van der Waals surface area contributed by atoms with Crippen molar-refractivity contribution in [1.29, 1.82) is 0 Å². The maximum absolute atomic E-state index is 12.8. The van der Waals surface area contributed by atoms with Crippen molar-refractivity contribution in [2.75, 3.05) is 24.0 Å². The number of nitrogens with zero attached hydrogens (tertiary/aromatic N) is 3. The fourth-order valence-corrected chi connectivity index (χ4v) is 3.77. The molecule has 178 valence electrons. The number of rotatable bonds is 7. The molecule has 0 atom stereocenters. The second-order valence-electron chi connectivity index (χ2n) is 7.70. The molecule has 2 heterocycles. The highest BCUT2D eigenvalue weighted by molar-refractivity contribution is 7.90. The first-order chi connectivity index (χ1) is 17.1. The molecule has 0 bridgehead atoms. The van der Waals surface area contributed by atoms with E-state index in [0.29, 0.717) is 28.8 Å². The Morgan fingerprint density at radius 2 is 1.91 bits per heavy atom. The highest BCUT2D eigenvalue weighted by Gasteiger charge is 2.12. The third-order valence-corrected chi connectivity index (χ3v) is 6.21. The molecule has 10 heteroatoms. The van der Waals surface area contributed by atoms with Gasteiger partial charge in [-0.05, 0) is 61.0 Å². The number of ether oxygens (including phenoxy) is 1. The molecule has 0 saturated carbocycles. The number of pyridine rings is 1. The average Bonchev–Trinajstić information content (AvgIpc) is 2.85. The smallest absolute Gasteiger partial charge is 0.255 e. The molecular weight excluding hydrogens is 466 g/mol. The monoisotopic (exact) mass is 490 g/mol. The number of sulfone groups is 1. The quantitative estimate of drug-likeness (QED) is 0.394. The summed E-state index contributed by atoms with van der Waals surface area (Å²) in [6.45, 7) is 1.90. The van der Waals surface area contributed by atoms with Crippen molar-refractivity contribution in [2.45, 2.75) is 11.8 Å². The van der Waals surface area contributed by atoms with Crippen LogP contribution >= 0.6 is 0 Å². The van der Waals surface area contributed by atoms with Crippen LogP contribution in [0.25, 0.3) is 11.3 Å². The Bertz CT molecular complexity index is 1560. The van der Waals surface area contributed by atoms with Crippen molar-refractivity contribution in [2.24, 2.45) is 0 Å². The van der Waals surface area contributed by atoms with Gasteiger partial charge in [0.05, 0.1) is 25.3 Å². The minimum absolute atomic E-state index is 0.0159. The molecule has 0 unspecified atom stereocenters. The number of aryl methyl sites for hydroxylation is 1. The van der Waals surface area contributed by atoms with E-state index in [1.165, 1.54) is 12.1 Å². The van der Waals surface area contributed by atoms with Gasteiger partial charge in [0, 0.05) is 41.2 Å². The van der Waals surface area contributed by atoms with Crippen LogP contribution in [0.15, 0.2) is 78.1 Å². The van der Waals surface area contributed by atoms with Gasteiger partial charge in [0.15, 0.2) is 9.84 Å². The minimum atomic E-state index is -3.47.